The molecule has 0 aromatic heterocycles. The molecular formula is C59H109NO5. The Labute approximate surface area is 404 Å². The Morgan fingerprint density at radius 3 is 1.29 bits per heavy atom. The van der Waals surface area contributed by atoms with Crippen LogP contribution in [-0.2, 0) is 14.3 Å². The highest BCUT2D eigenvalue weighted by atomic mass is 16.5. The lowest BCUT2D eigenvalue weighted by Gasteiger charge is -2.24. The summed E-state index contributed by atoms with van der Waals surface area (Å²) in [5.41, 5.74) is 0. The lowest BCUT2D eigenvalue weighted by molar-refractivity contribution is -0.151. The maximum absolute atomic E-state index is 13.2. The highest BCUT2D eigenvalue weighted by molar-refractivity contribution is 5.77. The molecular weight excluding hydrogens is 803 g/mol. The molecule has 0 fully saturated rings. The first-order valence-corrected chi connectivity index (χ1v) is 28.4. The van der Waals surface area contributed by atoms with E-state index in [0.717, 1.165) is 83.5 Å². The van der Waals surface area contributed by atoms with Gasteiger partial charge in [-0.1, -0.05) is 243 Å². The monoisotopic (exact) mass is 912 g/mol. The first kappa shape index (κ1) is 62.8. The van der Waals surface area contributed by atoms with Crippen molar-refractivity contribution < 1.29 is 24.5 Å². The Morgan fingerprint density at radius 1 is 0.462 bits per heavy atom. The van der Waals surface area contributed by atoms with Crippen LogP contribution in [0.25, 0.3) is 0 Å². The van der Waals surface area contributed by atoms with Crippen LogP contribution in [0.5, 0.6) is 0 Å². The maximum Gasteiger partial charge on any atom is 0.306 e. The van der Waals surface area contributed by atoms with Crippen LogP contribution < -0.4 is 5.32 Å². The fourth-order valence-corrected chi connectivity index (χ4v) is 8.57. The summed E-state index contributed by atoms with van der Waals surface area (Å²) in [6.07, 6.45) is 64.5. The molecule has 0 aromatic carbocycles. The number of aliphatic hydroxyl groups is 2. The quantitative estimate of drug-likeness (QED) is 0.0245. The van der Waals surface area contributed by atoms with Crippen molar-refractivity contribution in [3.8, 4) is 0 Å². The molecule has 0 aromatic rings. The van der Waals surface area contributed by atoms with Crippen molar-refractivity contribution in [3.05, 3.63) is 48.6 Å². The lowest BCUT2D eigenvalue weighted by atomic mass is 10.0. The van der Waals surface area contributed by atoms with Crippen molar-refractivity contribution in [3.63, 3.8) is 0 Å². The third-order valence-electron chi connectivity index (χ3n) is 12.9. The van der Waals surface area contributed by atoms with Gasteiger partial charge in [-0.25, -0.2) is 0 Å². The number of carbonyl (C=O) groups is 2. The minimum atomic E-state index is -0.795. The largest absolute Gasteiger partial charge is 0.462 e. The molecule has 0 rings (SSSR count). The van der Waals surface area contributed by atoms with Gasteiger partial charge in [0.05, 0.1) is 25.2 Å². The van der Waals surface area contributed by atoms with Crippen LogP contribution in [-0.4, -0.2) is 46.9 Å². The number of rotatable bonds is 51. The number of nitrogens with one attached hydrogen (secondary N) is 1. The zero-order valence-corrected chi connectivity index (χ0v) is 43.4. The first-order valence-electron chi connectivity index (χ1n) is 28.4. The van der Waals surface area contributed by atoms with Crippen molar-refractivity contribution in [1.82, 2.24) is 5.32 Å². The van der Waals surface area contributed by atoms with E-state index in [1.807, 2.05) is 0 Å². The fourth-order valence-electron chi connectivity index (χ4n) is 8.57. The molecule has 0 saturated heterocycles. The number of esters is 1. The topological polar surface area (TPSA) is 95.9 Å². The van der Waals surface area contributed by atoms with E-state index in [2.05, 4.69) is 74.7 Å². The van der Waals surface area contributed by atoms with E-state index in [-0.39, 0.29) is 24.9 Å². The summed E-state index contributed by atoms with van der Waals surface area (Å²) >= 11 is 0. The Bertz CT molecular complexity index is 1110. The van der Waals surface area contributed by atoms with E-state index in [1.165, 1.54) is 161 Å². The van der Waals surface area contributed by atoms with Gasteiger partial charge in [0.2, 0.25) is 5.91 Å². The molecule has 1 amide bonds. The molecule has 3 unspecified atom stereocenters. The van der Waals surface area contributed by atoms with Crippen LogP contribution in [0.1, 0.15) is 290 Å². The Hall–Kier alpha value is -2.18. The van der Waals surface area contributed by atoms with Gasteiger partial charge in [-0.3, -0.25) is 9.59 Å². The molecule has 0 aliphatic rings. The minimum Gasteiger partial charge on any atom is -0.462 e. The van der Waals surface area contributed by atoms with Crippen molar-refractivity contribution in [2.24, 2.45) is 0 Å². The number of allylic oxidation sites excluding steroid dienone is 8. The normalized spacial score (nSPS) is 13.5. The van der Waals surface area contributed by atoms with Crippen LogP contribution in [0.2, 0.25) is 0 Å². The van der Waals surface area contributed by atoms with Gasteiger partial charge in [0.25, 0.3) is 0 Å². The lowest BCUT2D eigenvalue weighted by Crippen LogP contribution is -2.46. The van der Waals surface area contributed by atoms with Gasteiger partial charge in [0, 0.05) is 6.42 Å². The molecule has 0 heterocycles. The second-order valence-corrected chi connectivity index (χ2v) is 19.4. The Balaban J connectivity index is 4.60. The smallest absolute Gasteiger partial charge is 0.306 e. The molecule has 6 nitrogen and oxygen atoms in total. The highest BCUT2D eigenvalue weighted by Crippen LogP contribution is 2.18. The third kappa shape index (κ3) is 48.1. The molecule has 6 heteroatoms. The van der Waals surface area contributed by atoms with Crippen molar-refractivity contribution in [2.75, 3.05) is 6.61 Å². The summed E-state index contributed by atoms with van der Waals surface area (Å²) in [7, 11) is 0. The van der Waals surface area contributed by atoms with Crippen LogP contribution in [0.3, 0.4) is 0 Å². The summed E-state index contributed by atoms with van der Waals surface area (Å²) in [5.74, 6) is -0.496. The number of ether oxygens (including phenoxy) is 1. The number of amides is 1. The molecule has 0 saturated carbocycles. The predicted octanol–water partition coefficient (Wildman–Crippen LogP) is 17.4. The van der Waals surface area contributed by atoms with Gasteiger partial charge in [-0.15, -0.1) is 0 Å². The standard InChI is InChI=1S/C59H109NO5/c1-4-7-10-13-16-19-22-25-27-28-29-31-34-37-40-43-46-49-52-59(64)65-55(50-47-44-41-38-35-33-30-26-23-20-17-14-11-8-5-2)53-58(63)60-56(54-61)57(62)51-48-45-42-39-36-32-24-21-18-15-12-9-6-3/h17,20,26-31,55-57,61-62H,4-16,18-19,21-25,32-54H2,1-3H3,(H,60,63)/b20-17-,28-27+,30-26-,31-29+. The summed E-state index contributed by atoms with van der Waals surface area (Å²) in [4.78, 5) is 26.2. The van der Waals surface area contributed by atoms with Crippen LogP contribution in [0.4, 0.5) is 0 Å². The van der Waals surface area contributed by atoms with Gasteiger partial charge >= 0.3 is 5.97 Å². The van der Waals surface area contributed by atoms with Crippen LogP contribution in [0, 0.1) is 0 Å². The number of hydrogen-bond donors (Lipinski definition) is 3. The number of hydrogen-bond acceptors (Lipinski definition) is 5. The van der Waals surface area contributed by atoms with Gasteiger partial charge in [0.15, 0.2) is 0 Å². The maximum atomic E-state index is 13.2. The van der Waals surface area contributed by atoms with Gasteiger partial charge in [-0.05, 0) is 83.5 Å². The molecule has 0 spiro atoms. The average Bonchev–Trinajstić information content (AvgIpc) is 3.30. The number of carbonyl (C=O) groups excluding carboxylic acids is 2. The zero-order valence-electron chi connectivity index (χ0n) is 43.4. The SMILES string of the molecule is CCCCC/C=C\C/C=C\CCCCCCCC(CC(=O)NC(CO)C(O)CCCCCCCCCCCCCCC)OC(=O)CCCCCCC/C=C/C=C/CCCCCCCCC. The van der Waals surface area contributed by atoms with E-state index in [4.69, 9.17) is 4.74 Å². The first-order chi connectivity index (χ1) is 32.0. The molecule has 0 radical (unpaired) electrons. The van der Waals surface area contributed by atoms with Crippen molar-refractivity contribution in [1.29, 1.82) is 0 Å². The summed E-state index contributed by atoms with van der Waals surface area (Å²) in [5, 5.41) is 23.8. The van der Waals surface area contributed by atoms with Crippen LogP contribution >= 0.6 is 0 Å². The number of unbranched alkanes of at least 4 members (excludes halogenated alkanes) is 32. The molecule has 0 aliphatic heterocycles. The van der Waals surface area contributed by atoms with E-state index in [0.29, 0.717) is 19.3 Å². The highest BCUT2D eigenvalue weighted by Gasteiger charge is 2.24. The fraction of sp³-hybridized carbons (Fsp3) is 0.831. The van der Waals surface area contributed by atoms with Gasteiger partial charge in [-0.2, -0.15) is 0 Å². The second-order valence-electron chi connectivity index (χ2n) is 19.4. The summed E-state index contributed by atoms with van der Waals surface area (Å²) in [6.45, 7) is 6.47. The van der Waals surface area contributed by atoms with Crippen molar-refractivity contribution in [2.45, 2.75) is 309 Å². The molecule has 3 N–H and O–H groups in total. The minimum absolute atomic E-state index is 0.0629. The van der Waals surface area contributed by atoms with Gasteiger partial charge in [0.1, 0.15) is 6.10 Å². The second kappa shape index (κ2) is 52.8. The molecule has 380 valence electrons. The third-order valence-corrected chi connectivity index (χ3v) is 12.9. The van der Waals surface area contributed by atoms with E-state index >= 15 is 0 Å². The summed E-state index contributed by atoms with van der Waals surface area (Å²) in [6, 6.07) is -0.710. The molecule has 3 atom stereocenters. The Morgan fingerprint density at radius 2 is 0.831 bits per heavy atom. The number of aliphatic hydroxyl groups excluding tert-OH is 2. The average molecular weight is 913 g/mol. The Kier molecular flexibility index (Phi) is 51.0. The van der Waals surface area contributed by atoms with E-state index in [1.54, 1.807) is 0 Å². The zero-order chi connectivity index (χ0) is 47.4. The van der Waals surface area contributed by atoms with E-state index < -0.39 is 18.2 Å². The molecule has 0 aliphatic carbocycles. The predicted molar refractivity (Wildman–Crippen MR) is 282 cm³/mol. The molecule has 0 bridgehead atoms. The van der Waals surface area contributed by atoms with Gasteiger partial charge < -0.3 is 20.3 Å². The summed E-state index contributed by atoms with van der Waals surface area (Å²) < 4.78 is 5.95. The van der Waals surface area contributed by atoms with Crippen LogP contribution in [0.15, 0.2) is 48.6 Å². The van der Waals surface area contributed by atoms with Crippen molar-refractivity contribution >= 4 is 11.9 Å². The van der Waals surface area contributed by atoms with E-state index in [9.17, 15) is 19.8 Å². The molecule has 65 heavy (non-hydrogen) atoms.